The summed E-state index contributed by atoms with van der Waals surface area (Å²) in [6.45, 7) is 0.532. The summed E-state index contributed by atoms with van der Waals surface area (Å²) < 4.78 is 25.1. The van der Waals surface area contributed by atoms with Crippen molar-refractivity contribution < 1.29 is 18.3 Å². The van der Waals surface area contributed by atoms with Gasteiger partial charge in [-0.25, -0.2) is 13.1 Å². The molecule has 1 rings (SSSR count). The number of nitrogens with one attached hydrogen (secondary N) is 2. The number of anilines is 1. The van der Waals surface area contributed by atoms with Crippen molar-refractivity contribution in [1.82, 2.24) is 4.72 Å². The van der Waals surface area contributed by atoms with Crippen LogP contribution < -0.4 is 10.0 Å². The minimum Gasteiger partial charge on any atom is -0.481 e. The van der Waals surface area contributed by atoms with Gasteiger partial charge in [0.1, 0.15) is 0 Å². The molecule has 0 spiro atoms. The summed E-state index contributed by atoms with van der Waals surface area (Å²) in [5.41, 5.74) is 0.760. The molecule has 0 heterocycles. The van der Waals surface area contributed by atoms with E-state index in [-0.39, 0.29) is 11.3 Å². The quantitative estimate of drug-likeness (QED) is 0.640. The molecule has 0 atom stereocenters. The Morgan fingerprint density at radius 1 is 1.28 bits per heavy atom. The monoisotopic (exact) mass is 272 g/mol. The molecule has 0 radical (unpaired) electrons. The maximum atomic E-state index is 11.5. The number of aliphatic carboxylic acids is 1. The van der Waals surface area contributed by atoms with E-state index >= 15 is 0 Å². The van der Waals surface area contributed by atoms with Crippen LogP contribution in [0.5, 0.6) is 0 Å². The molecule has 18 heavy (non-hydrogen) atoms. The van der Waals surface area contributed by atoms with Gasteiger partial charge in [-0.3, -0.25) is 4.79 Å². The Balaban J connectivity index is 2.53. The molecule has 6 nitrogen and oxygen atoms in total. The molecule has 0 amide bonds. The van der Waals surface area contributed by atoms with Gasteiger partial charge in [-0.05, 0) is 37.7 Å². The first-order chi connectivity index (χ1) is 8.45. The fraction of sp³-hybridized carbons (Fsp3) is 0.364. The smallest absolute Gasteiger partial charge is 0.303 e. The lowest BCUT2D eigenvalue weighted by molar-refractivity contribution is -0.137. The van der Waals surface area contributed by atoms with Crippen LogP contribution in [0, 0.1) is 0 Å². The summed E-state index contributed by atoms with van der Waals surface area (Å²) in [5, 5.41) is 11.5. The van der Waals surface area contributed by atoms with E-state index in [0.717, 1.165) is 5.69 Å². The second-order valence-electron chi connectivity index (χ2n) is 3.66. The van der Waals surface area contributed by atoms with E-state index in [1.807, 2.05) is 0 Å². The van der Waals surface area contributed by atoms with Crippen molar-refractivity contribution in [1.29, 1.82) is 0 Å². The van der Waals surface area contributed by atoms with Gasteiger partial charge in [0.05, 0.1) is 4.90 Å². The van der Waals surface area contributed by atoms with Crippen LogP contribution in [0.2, 0.25) is 0 Å². The van der Waals surface area contributed by atoms with Crippen LogP contribution in [-0.2, 0) is 14.8 Å². The average molecular weight is 272 g/mol. The molecular weight excluding hydrogens is 256 g/mol. The highest BCUT2D eigenvalue weighted by Crippen LogP contribution is 2.13. The van der Waals surface area contributed by atoms with Crippen LogP contribution in [0.3, 0.4) is 0 Å². The number of sulfonamides is 1. The van der Waals surface area contributed by atoms with Crippen LogP contribution >= 0.6 is 0 Å². The van der Waals surface area contributed by atoms with Gasteiger partial charge >= 0.3 is 5.97 Å². The van der Waals surface area contributed by atoms with Gasteiger partial charge in [0.15, 0.2) is 0 Å². The minimum atomic E-state index is -3.41. The SMILES string of the molecule is CNS(=O)(=O)c1ccc(NCCCC(=O)O)cc1. The van der Waals surface area contributed by atoms with Gasteiger partial charge in [0.2, 0.25) is 10.0 Å². The number of carboxylic acid groups (broad SMARTS) is 1. The second-order valence-corrected chi connectivity index (χ2v) is 5.54. The standard InChI is InChI=1S/C11H16N2O4S/c1-12-18(16,17)10-6-4-9(5-7-10)13-8-2-3-11(14)15/h4-7,12-13H,2-3,8H2,1H3,(H,14,15). The third-order valence-electron chi connectivity index (χ3n) is 2.33. The van der Waals surface area contributed by atoms with Crippen molar-refractivity contribution >= 4 is 21.7 Å². The average Bonchev–Trinajstić information content (AvgIpc) is 2.35. The van der Waals surface area contributed by atoms with Gasteiger partial charge < -0.3 is 10.4 Å². The Hall–Kier alpha value is -1.60. The van der Waals surface area contributed by atoms with Gasteiger partial charge in [-0.15, -0.1) is 0 Å². The molecule has 0 saturated heterocycles. The summed E-state index contributed by atoms with van der Waals surface area (Å²) in [6, 6.07) is 6.27. The fourth-order valence-corrected chi connectivity index (χ4v) is 2.07. The van der Waals surface area contributed by atoms with Gasteiger partial charge in [-0.1, -0.05) is 0 Å². The highest BCUT2D eigenvalue weighted by atomic mass is 32.2. The number of carbonyl (C=O) groups is 1. The van der Waals surface area contributed by atoms with Crippen molar-refractivity contribution in [3.8, 4) is 0 Å². The van der Waals surface area contributed by atoms with E-state index < -0.39 is 16.0 Å². The summed E-state index contributed by atoms with van der Waals surface area (Å²) in [7, 11) is -2.05. The Labute approximate surface area is 106 Å². The molecule has 3 N–H and O–H groups in total. The van der Waals surface area contributed by atoms with Gasteiger partial charge in [0.25, 0.3) is 0 Å². The molecule has 0 aliphatic carbocycles. The van der Waals surface area contributed by atoms with E-state index in [0.29, 0.717) is 13.0 Å². The minimum absolute atomic E-state index is 0.110. The molecule has 0 aliphatic rings. The third kappa shape index (κ3) is 4.34. The number of rotatable bonds is 7. The maximum Gasteiger partial charge on any atom is 0.303 e. The molecule has 7 heteroatoms. The van der Waals surface area contributed by atoms with Crippen LogP contribution in [0.1, 0.15) is 12.8 Å². The van der Waals surface area contributed by atoms with E-state index in [2.05, 4.69) is 10.0 Å². The number of benzene rings is 1. The fourth-order valence-electron chi connectivity index (χ4n) is 1.34. The molecule has 100 valence electrons. The Morgan fingerprint density at radius 2 is 1.89 bits per heavy atom. The number of hydrogen-bond donors (Lipinski definition) is 3. The summed E-state index contributed by atoms with van der Waals surface area (Å²) in [5.74, 6) is -0.827. The Bertz CT molecular complexity index is 496. The molecule has 1 aromatic rings. The molecular formula is C11H16N2O4S. The predicted molar refractivity (Wildman–Crippen MR) is 68.0 cm³/mol. The van der Waals surface area contributed by atoms with E-state index in [1.165, 1.54) is 19.2 Å². The lowest BCUT2D eigenvalue weighted by atomic mass is 10.3. The zero-order valence-electron chi connectivity index (χ0n) is 10.0. The van der Waals surface area contributed by atoms with Gasteiger partial charge in [0, 0.05) is 18.7 Å². The Morgan fingerprint density at radius 3 is 2.39 bits per heavy atom. The summed E-state index contributed by atoms with van der Waals surface area (Å²) in [6.07, 6.45) is 0.630. The van der Waals surface area contributed by atoms with Crippen molar-refractivity contribution in [2.75, 3.05) is 18.9 Å². The molecule has 0 saturated carbocycles. The third-order valence-corrected chi connectivity index (χ3v) is 3.76. The summed E-state index contributed by atoms with van der Waals surface area (Å²) in [4.78, 5) is 10.5. The first kappa shape index (κ1) is 14.5. The van der Waals surface area contributed by atoms with Crippen LogP contribution in [0.25, 0.3) is 0 Å². The number of hydrogen-bond acceptors (Lipinski definition) is 4. The van der Waals surface area contributed by atoms with Crippen LogP contribution in [0.15, 0.2) is 29.2 Å². The topological polar surface area (TPSA) is 95.5 Å². The van der Waals surface area contributed by atoms with Gasteiger partial charge in [-0.2, -0.15) is 0 Å². The molecule has 0 unspecified atom stereocenters. The lowest BCUT2D eigenvalue weighted by Gasteiger charge is -2.07. The first-order valence-electron chi connectivity index (χ1n) is 5.45. The van der Waals surface area contributed by atoms with E-state index in [9.17, 15) is 13.2 Å². The zero-order chi connectivity index (χ0) is 13.6. The molecule has 1 aromatic carbocycles. The van der Waals surface area contributed by atoms with Crippen LogP contribution in [-0.4, -0.2) is 33.1 Å². The highest BCUT2D eigenvalue weighted by Gasteiger charge is 2.09. The van der Waals surface area contributed by atoms with Crippen molar-refractivity contribution in [3.05, 3.63) is 24.3 Å². The molecule has 0 aliphatic heterocycles. The summed E-state index contributed by atoms with van der Waals surface area (Å²) >= 11 is 0. The maximum absolute atomic E-state index is 11.5. The van der Waals surface area contributed by atoms with Crippen molar-refractivity contribution in [2.45, 2.75) is 17.7 Å². The molecule has 0 aromatic heterocycles. The van der Waals surface area contributed by atoms with Crippen molar-refractivity contribution in [3.63, 3.8) is 0 Å². The highest BCUT2D eigenvalue weighted by molar-refractivity contribution is 7.89. The molecule has 0 bridgehead atoms. The predicted octanol–water partition coefficient (Wildman–Crippen LogP) is 0.871. The largest absolute Gasteiger partial charge is 0.481 e. The normalized spacial score (nSPS) is 11.2. The Kier molecular flexibility index (Phi) is 5.11. The lowest BCUT2D eigenvalue weighted by Crippen LogP contribution is -2.18. The first-order valence-corrected chi connectivity index (χ1v) is 6.93. The second kappa shape index (κ2) is 6.36. The van der Waals surface area contributed by atoms with Crippen LogP contribution in [0.4, 0.5) is 5.69 Å². The van der Waals surface area contributed by atoms with E-state index in [1.54, 1.807) is 12.1 Å². The number of carboxylic acids is 1. The van der Waals surface area contributed by atoms with Crippen molar-refractivity contribution in [2.24, 2.45) is 0 Å². The molecule has 0 fully saturated rings. The van der Waals surface area contributed by atoms with E-state index in [4.69, 9.17) is 5.11 Å². The zero-order valence-corrected chi connectivity index (χ0v) is 10.8.